The highest BCUT2D eigenvalue weighted by atomic mass is 16.7. The molecule has 1 heterocycles. The Morgan fingerprint density at radius 3 is 2.47 bits per heavy atom. The van der Waals surface area contributed by atoms with Crippen LogP contribution in [0, 0.1) is 39.4 Å². The molecule has 188 valence electrons. The van der Waals surface area contributed by atoms with Crippen LogP contribution in [0.25, 0.3) is 0 Å². The van der Waals surface area contributed by atoms with Crippen molar-refractivity contribution in [1.82, 2.24) is 0 Å². The summed E-state index contributed by atoms with van der Waals surface area (Å²) >= 11 is 0. The molecule has 1 aliphatic heterocycles. The molecule has 4 heteroatoms. The van der Waals surface area contributed by atoms with Gasteiger partial charge in [-0.05, 0) is 102 Å². The summed E-state index contributed by atoms with van der Waals surface area (Å²) < 4.78 is 5.37. The first kappa shape index (κ1) is 24.3. The van der Waals surface area contributed by atoms with Crippen LogP contribution in [0.1, 0.15) is 93.4 Å². The van der Waals surface area contributed by atoms with Gasteiger partial charge in [0.2, 0.25) is 5.79 Å². The Morgan fingerprint density at radius 1 is 1.12 bits per heavy atom. The molecule has 4 nitrogen and oxygen atoms in total. The van der Waals surface area contributed by atoms with Crippen molar-refractivity contribution in [2.75, 3.05) is 0 Å². The van der Waals surface area contributed by atoms with E-state index in [4.69, 9.17) is 4.74 Å². The van der Waals surface area contributed by atoms with E-state index in [2.05, 4.69) is 53.7 Å². The quantitative estimate of drug-likeness (QED) is 0.492. The molecule has 2 N–H and O–H groups in total. The lowest BCUT2D eigenvalue weighted by molar-refractivity contribution is -0.188. The van der Waals surface area contributed by atoms with Crippen molar-refractivity contribution in [3.8, 4) is 0 Å². The van der Waals surface area contributed by atoms with Crippen LogP contribution in [0.3, 0.4) is 0 Å². The summed E-state index contributed by atoms with van der Waals surface area (Å²) in [4.78, 5) is 11.9. The Balaban J connectivity index is 1.44. The van der Waals surface area contributed by atoms with Gasteiger partial charge in [0.15, 0.2) is 0 Å². The standard InChI is InChI=1S/C30H44O4/c1-18-16-30(33,34-25(18)32)17-19(2)28(6)14-11-22-20-8-9-23-26(3,4)24(31)12-13-27(23,5)21(20)10-15-29(22,28)7/h8,11,16,19,21,23-24,31,33H,9-10,12-15,17H2,1-7H3. The maximum Gasteiger partial charge on any atom is 0.336 e. The van der Waals surface area contributed by atoms with Crippen LogP contribution in [0.2, 0.25) is 0 Å². The summed E-state index contributed by atoms with van der Waals surface area (Å²) in [6.45, 7) is 15.8. The highest BCUT2D eigenvalue weighted by Crippen LogP contribution is 2.70. The number of carbonyl (C=O) groups excluding carboxylic acids is 1. The van der Waals surface area contributed by atoms with Crippen molar-refractivity contribution in [3.63, 3.8) is 0 Å². The zero-order chi connectivity index (χ0) is 24.9. The van der Waals surface area contributed by atoms with Gasteiger partial charge in [0, 0.05) is 12.0 Å². The summed E-state index contributed by atoms with van der Waals surface area (Å²) in [5, 5.41) is 21.8. The third-order valence-electron chi connectivity index (χ3n) is 11.8. The molecule has 0 saturated heterocycles. The molecule has 0 aromatic carbocycles. The number of aliphatic hydroxyl groups is 2. The van der Waals surface area contributed by atoms with Crippen LogP contribution in [0.15, 0.2) is 34.9 Å². The number of fused-ring (bicyclic) bond motifs is 5. The number of carbonyl (C=O) groups is 1. The number of hydrogen-bond acceptors (Lipinski definition) is 4. The van der Waals surface area contributed by atoms with Crippen LogP contribution in [-0.2, 0) is 9.53 Å². The fraction of sp³-hybridized carbons (Fsp3) is 0.767. The first-order chi connectivity index (χ1) is 15.7. The van der Waals surface area contributed by atoms with Crippen molar-refractivity contribution in [2.24, 2.45) is 39.4 Å². The Morgan fingerprint density at radius 2 is 1.82 bits per heavy atom. The average molecular weight is 469 g/mol. The number of esters is 1. The summed E-state index contributed by atoms with van der Waals surface area (Å²) in [6.07, 6.45) is 13.2. The van der Waals surface area contributed by atoms with E-state index in [0.717, 1.165) is 32.1 Å². The van der Waals surface area contributed by atoms with E-state index in [1.165, 1.54) is 12.0 Å². The molecule has 0 amide bonds. The average Bonchev–Trinajstić information content (AvgIpc) is 3.17. The monoisotopic (exact) mass is 468 g/mol. The molecule has 2 saturated carbocycles. The molecule has 0 radical (unpaired) electrons. The van der Waals surface area contributed by atoms with Crippen LogP contribution in [-0.4, -0.2) is 28.1 Å². The van der Waals surface area contributed by atoms with Crippen molar-refractivity contribution in [2.45, 2.75) is 105 Å². The van der Waals surface area contributed by atoms with Gasteiger partial charge in [0.05, 0.1) is 6.10 Å². The first-order valence-corrected chi connectivity index (χ1v) is 13.4. The normalized spacial score (nSPS) is 48.1. The number of cyclic esters (lactones) is 1. The number of aliphatic hydroxyl groups excluding tert-OH is 1. The minimum Gasteiger partial charge on any atom is -0.426 e. The van der Waals surface area contributed by atoms with E-state index >= 15 is 0 Å². The van der Waals surface area contributed by atoms with Crippen LogP contribution >= 0.6 is 0 Å². The second kappa shape index (κ2) is 7.32. The highest BCUT2D eigenvalue weighted by Gasteiger charge is 2.62. The first-order valence-electron chi connectivity index (χ1n) is 13.4. The van der Waals surface area contributed by atoms with Gasteiger partial charge in [0.25, 0.3) is 0 Å². The topological polar surface area (TPSA) is 66.8 Å². The molecular formula is C30H44O4. The smallest absolute Gasteiger partial charge is 0.336 e. The van der Waals surface area contributed by atoms with Crippen LogP contribution in [0.5, 0.6) is 0 Å². The molecule has 0 bridgehead atoms. The van der Waals surface area contributed by atoms with Gasteiger partial charge in [-0.25, -0.2) is 4.79 Å². The van der Waals surface area contributed by atoms with Crippen LogP contribution in [0.4, 0.5) is 0 Å². The Hall–Kier alpha value is -1.39. The molecule has 0 aromatic heterocycles. The largest absolute Gasteiger partial charge is 0.426 e. The molecule has 4 aliphatic carbocycles. The Labute approximate surface area is 205 Å². The van der Waals surface area contributed by atoms with E-state index in [9.17, 15) is 15.0 Å². The van der Waals surface area contributed by atoms with E-state index in [-0.39, 0.29) is 33.7 Å². The van der Waals surface area contributed by atoms with Crippen LogP contribution < -0.4 is 0 Å². The summed E-state index contributed by atoms with van der Waals surface area (Å²) in [6, 6.07) is 0. The predicted octanol–water partition coefficient (Wildman–Crippen LogP) is 6.09. The third kappa shape index (κ3) is 3.06. The minimum atomic E-state index is -1.49. The maximum absolute atomic E-state index is 11.9. The molecule has 8 atom stereocenters. The molecule has 0 spiro atoms. The molecule has 34 heavy (non-hydrogen) atoms. The van der Waals surface area contributed by atoms with Crippen molar-refractivity contribution >= 4 is 5.97 Å². The van der Waals surface area contributed by atoms with Gasteiger partial charge < -0.3 is 14.9 Å². The Kier molecular flexibility index (Phi) is 5.23. The number of rotatable bonds is 3. The molecular weight excluding hydrogens is 424 g/mol. The second-order valence-electron chi connectivity index (χ2n) is 13.7. The number of allylic oxidation sites excluding steroid dienone is 4. The van der Waals surface area contributed by atoms with Crippen molar-refractivity contribution < 1.29 is 19.7 Å². The highest BCUT2D eigenvalue weighted by molar-refractivity contribution is 5.90. The number of hydrogen-bond donors (Lipinski definition) is 2. The summed E-state index contributed by atoms with van der Waals surface area (Å²) in [7, 11) is 0. The zero-order valence-corrected chi connectivity index (χ0v) is 22.2. The van der Waals surface area contributed by atoms with Gasteiger partial charge in [-0.1, -0.05) is 53.7 Å². The fourth-order valence-electron chi connectivity index (χ4n) is 9.13. The SMILES string of the molecule is CC1=CC(O)(CC(C)C2(C)CC=C3C4=CCC5C(C)(C)C(O)CCC5(C)C4CCC32C)OC1=O. The van der Waals surface area contributed by atoms with Gasteiger partial charge in [-0.15, -0.1) is 0 Å². The van der Waals surface area contributed by atoms with E-state index < -0.39 is 11.8 Å². The van der Waals surface area contributed by atoms with Gasteiger partial charge in [-0.2, -0.15) is 0 Å². The molecule has 0 aromatic rings. The zero-order valence-electron chi connectivity index (χ0n) is 22.2. The lowest BCUT2D eigenvalue weighted by Crippen LogP contribution is -2.56. The van der Waals surface area contributed by atoms with E-state index in [1.54, 1.807) is 18.6 Å². The molecule has 2 fully saturated rings. The fourth-order valence-corrected chi connectivity index (χ4v) is 9.13. The Bertz CT molecular complexity index is 1000. The van der Waals surface area contributed by atoms with E-state index in [1.807, 2.05) is 0 Å². The second-order valence-corrected chi connectivity index (χ2v) is 13.7. The van der Waals surface area contributed by atoms with Gasteiger partial charge in [0.1, 0.15) is 0 Å². The lowest BCUT2D eigenvalue weighted by Gasteiger charge is -2.62. The molecule has 8 unspecified atom stereocenters. The minimum absolute atomic E-state index is 0.0135. The third-order valence-corrected chi connectivity index (χ3v) is 11.8. The summed E-state index contributed by atoms with van der Waals surface area (Å²) in [5.41, 5.74) is 3.80. The lowest BCUT2D eigenvalue weighted by atomic mass is 9.43. The van der Waals surface area contributed by atoms with Gasteiger partial charge >= 0.3 is 5.97 Å². The number of ether oxygens (including phenoxy) is 1. The predicted molar refractivity (Wildman–Crippen MR) is 134 cm³/mol. The molecule has 5 rings (SSSR count). The van der Waals surface area contributed by atoms with Crippen molar-refractivity contribution in [3.05, 3.63) is 34.9 Å². The summed E-state index contributed by atoms with van der Waals surface area (Å²) in [5.74, 6) is -0.651. The maximum atomic E-state index is 11.9. The van der Waals surface area contributed by atoms with E-state index in [0.29, 0.717) is 23.8 Å². The van der Waals surface area contributed by atoms with Gasteiger partial charge in [-0.3, -0.25) is 0 Å². The van der Waals surface area contributed by atoms with Crippen molar-refractivity contribution in [1.29, 1.82) is 0 Å². The molecule has 5 aliphatic rings.